The standard InChI is InChI=1S/C48H35N/c1-5-14-35(15-6-1)37-24-28-44(29-25-37)49-45-30-26-38(27-31-45)41-22-13-23-42(32-41)48-46(39-18-9-3-10-19-39)33-43(36-16-7-2-8-17-36)34-47(48)40-20-11-4-12-21-40/h1-34,49H. The fraction of sp³-hybridized carbons (Fsp3) is 0. The van der Waals surface area contributed by atoms with Crippen molar-refractivity contribution in [1.82, 2.24) is 0 Å². The van der Waals surface area contributed by atoms with Crippen molar-refractivity contribution in [1.29, 1.82) is 0 Å². The van der Waals surface area contributed by atoms with Crippen molar-refractivity contribution in [2.75, 3.05) is 5.32 Å². The van der Waals surface area contributed by atoms with Gasteiger partial charge in [0.25, 0.3) is 0 Å². The van der Waals surface area contributed by atoms with E-state index >= 15 is 0 Å². The molecule has 0 saturated carbocycles. The van der Waals surface area contributed by atoms with Gasteiger partial charge in [0.05, 0.1) is 0 Å². The fourth-order valence-electron chi connectivity index (χ4n) is 6.58. The minimum Gasteiger partial charge on any atom is -0.356 e. The van der Waals surface area contributed by atoms with E-state index in [9.17, 15) is 0 Å². The van der Waals surface area contributed by atoms with Crippen LogP contribution < -0.4 is 5.32 Å². The van der Waals surface area contributed by atoms with Gasteiger partial charge in [-0.1, -0.05) is 164 Å². The Kier molecular flexibility index (Phi) is 8.39. The zero-order valence-electron chi connectivity index (χ0n) is 27.1. The quantitative estimate of drug-likeness (QED) is 0.177. The normalized spacial score (nSPS) is 10.9. The smallest absolute Gasteiger partial charge is 0.0384 e. The van der Waals surface area contributed by atoms with E-state index in [1.807, 2.05) is 6.07 Å². The molecule has 1 N–H and O–H groups in total. The number of anilines is 2. The maximum Gasteiger partial charge on any atom is 0.0384 e. The van der Waals surface area contributed by atoms with Crippen LogP contribution in [0, 0.1) is 0 Å². The Labute approximate surface area is 288 Å². The lowest BCUT2D eigenvalue weighted by Gasteiger charge is -2.20. The molecule has 0 amide bonds. The Morgan fingerprint density at radius 3 is 1.04 bits per heavy atom. The van der Waals surface area contributed by atoms with E-state index in [4.69, 9.17) is 0 Å². The number of hydrogen-bond acceptors (Lipinski definition) is 1. The molecule has 49 heavy (non-hydrogen) atoms. The van der Waals surface area contributed by atoms with Crippen LogP contribution in [0.5, 0.6) is 0 Å². The molecule has 8 rings (SSSR count). The Morgan fingerprint density at radius 1 is 0.224 bits per heavy atom. The zero-order chi connectivity index (χ0) is 32.8. The molecule has 0 aromatic heterocycles. The summed E-state index contributed by atoms with van der Waals surface area (Å²) in [5, 5.41) is 3.57. The van der Waals surface area contributed by atoms with E-state index in [1.54, 1.807) is 0 Å². The lowest BCUT2D eigenvalue weighted by Crippen LogP contribution is -1.94. The zero-order valence-corrected chi connectivity index (χ0v) is 27.1. The van der Waals surface area contributed by atoms with E-state index < -0.39 is 0 Å². The molecule has 0 aliphatic carbocycles. The second-order valence-corrected chi connectivity index (χ2v) is 12.3. The topological polar surface area (TPSA) is 12.0 Å². The van der Waals surface area contributed by atoms with E-state index in [-0.39, 0.29) is 0 Å². The SMILES string of the molecule is c1ccc(-c2ccc(Nc3ccc(-c4cccc(-c5c(-c6ccccc6)cc(-c6ccccc6)cc5-c5ccccc5)c4)cc3)cc2)cc1. The molecular weight excluding hydrogens is 591 g/mol. The van der Waals surface area contributed by atoms with Crippen LogP contribution in [0.3, 0.4) is 0 Å². The number of benzene rings is 8. The van der Waals surface area contributed by atoms with Gasteiger partial charge in [-0.3, -0.25) is 0 Å². The second kappa shape index (κ2) is 13.7. The van der Waals surface area contributed by atoms with Crippen LogP contribution >= 0.6 is 0 Å². The van der Waals surface area contributed by atoms with Crippen LogP contribution in [-0.4, -0.2) is 0 Å². The van der Waals surface area contributed by atoms with Crippen LogP contribution in [0.4, 0.5) is 11.4 Å². The first kappa shape index (κ1) is 29.9. The first-order valence-corrected chi connectivity index (χ1v) is 16.8. The van der Waals surface area contributed by atoms with E-state index in [0.717, 1.165) is 11.4 Å². The van der Waals surface area contributed by atoms with E-state index in [0.29, 0.717) is 0 Å². The first-order chi connectivity index (χ1) is 24.3. The van der Waals surface area contributed by atoms with Gasteiger partial charge < -0.3 is 5.32 Å². The summed E-state index contributed by atoms with van der Waals surface area (Å²) in [5.41, 5.74) is 16.6. The van der Waals surface area contributed by atoms with Crippen molar-refractivity contribution in [2.45, 2.75) is 0 Å². The van der Waals surface area contributed by atoms with Crippen molar-refractivity contribution < 1.29 is 0 Å². The summed E-state index contributed by atoms with van der Waals surface area (Å²) >= 11 is 0. The van der Waals surface area contributed by atoms with Gasteiger partial charge >= 0.3 is 0 Å². The van der Waals surface area contributed by atoms with Gasteiger partial charge in [0.2, 0.25) is 0 Å². The molecule has 0 aliphatic rings. The minimum atomic E-state index is 1.06. The maximum atomic E-state index is 3.57. The van der Waals surface area contributed by atoms with Crippen molar-refractivity contribution in [2.24, 2.45) is 0 Å². The summed E-state index contributed by atoms with van der Waals surface area (Å²) in [5.74, 6) is 0. The molecule has 0 spiro atoms. The lowest BCUT2D eigenvalue weighted by molar-refractivity contribution is 1.52. The fourth-order valence-corrected chi connectivity index (χ4v) is 6.58. The monoisotopic (exact) mass is 625 g/mol. The minimum absolute atomic E-state index is 1.06. The molecule has 8 aromatic rings. The molecule has 0 heterocycles. The maximum absolute atomic E-state index is 3.57. The molecular formula is C48H35N. The Morgan fingerprint density at radius 2 is 0.571 bits per heavy atom. The molecule has 0 aliphatic heterocycles. The van der Waals surface area contributed by atoms with Gasteiger partial charge in [-0.05, 0) is 109 Å². The molecule has 0 radical (unpaired) electrons. The van der Waals surface area contributed by atoms with Crippen LogP contribution in [0.2, 0.25) is 0 Å². The summed E-state index contributed by atoms with van der Waals surface area (Å²) in [6.07, 6.45) is 0. The van der Waals surface area contributed by atoms with Crippen LogP contribution in [0.25, 0.3) is 66.8 Å². The largest absolute Gasteiger partial charge is 0.356 e. The number of nitrogens with one attached hydrogen (secondary N) is 1. The van der Waals surface area contributed by atoms with Gasteiger partial charge in [-0.15, -0.1) is 0 Å². The van der Waals surface area contributed by atoms with Gasteiger partial charge in [-0.25, -0.2) is 0 Å². The molecule has 0 atom stereocenters. The van der Waals surface area contributed by atoms with E-state index in [1.165, 1.54) is 66.8 Å². The third-order valence-corrected chi connectivity index (χ3v) is 9.07. The highest BCUT2D eigenvalue weighted by molar-refractivity contribution is 5.98. The van der Waals surface area contributed by atoms with Crippen molar-refractivity contribution >= 4 is 11.4 Å². The highest BCUT2D eigenvalue weighted by atomic mass is 14.9. The Hall–Kier alpha value is -6.44. The highest BCUT2D eigenvalue weighted by Crippen LogP contribution is 2.44. The van der Waals surface area contributed by atoms with Crippen molar-refractivity contribution in [3.05, 3.63) is 206 Å². The number of hydrogen-bond donors (Lipinski definition) is 1. The van der Waals surface area contributed by atoms with Crippen LogP contribution in [0.15, 0.2) is 206 Å². The van der Waals surface area contributed by atoms with Crippen LogP contribution in [-0.2, 0) is 0 Å². The predicted octanol–water partition coefficient (Wildman–Crippen LogP) is 13.4. The summed E-state index contributed by atoms with van der Waals surface area (Å²) in [6.45, 7) is 0. The molecule has 0 fully saturated rings. The molecule has 0 bridgehead atoms. The van der Waals surface area contributed by atoms with Gasteiger partial charge in [-0.2, -0.15) is 0 Å². The molecule has 1 nitrogen and oxygen atoms in total. The van der Waals surface area contributed by atoms with Crippen LogP contribution in [0.1, 0.15) is 0 Å². The highest BCUT2D eigenvalue weighted by Gasteiger charge is 2.17. The van der Waals surface area contributed by atoms with E-state index in [2.05, 4.69) is 206 Å². The van der Waals surface area contributed by atoms with Crippen molar-refractivity contribution in [3.63, 3.8) is 0 Å². The summed E-state index contributed by atoms with van der Waals surface area (Å²) in [7, 11) is 0. The molecule has 232 valence electrons. The Balaban J connectivity index is 1.16. The lowest BCUT2D eigenvalue weighted by atomic mass is 9.84. The van der Waals surface area contributed by atoms with Gasteiger partial charge in [0, 0.05) is 11.4 Å². The molecule has 1 heteroatoms. The summed E-state index contributed by atoms with van der Waals surface area (Å²) < 4.78 is 0. The molecule has 0 saturated heterocycles. The summed E-state index contributed by atoms with van der Waals surface area (Å²) in [4.78, 5) is 0. The Bertz CT molecular complexity index is 2230. The second-order valence-electron chi connectivity index (χ2n) is 12.3. The van der Waals surface area contributed by atoms with Gasteiger partial charge in [0.1, 0.15) is 0 Å². The van der Waals surface area contributed by atoms with Gasteiger partial charge in [0.15, 0.2) is 0 Å². The van der Waals surface area contributed by atoms with Crippen molar-refractivity contribution in [3.8, 4) is 66.8 Å². The third kappa shape index (κ3) is 6.56. The molecule has 0 unspecified atom stereocenters. The summed E-state index contributed by atoms with van der Waals surface area (Å²) in [6, 6.07) is 73.7. The number of rotatable bonds is 8. The average molecular weight is 626 g/mol. The third-order valence-electron chi connectivity index (χ3n) is 9.07. The molecule has 8 aromatic carbocycles. The average Bonchev–Trinajstić information content (AvgIpc) is 3.19. The first-order valence-electron chi connectivity index (χ1n) is 16.8. The predicted molar refractivity (Wildman–Crippen MR) is 209 cm³/mol.